The highest BCUT2D eigenvalue weighted by Gasteiger charge is 1.98. The van der Waals surface area contributed by atoms with Crippen LogP contribution < -0.4 is 10.3 Å². The van der Waals surface area contributed by atoms with E-state index in [4.69, 9.17) is 4.74 Å². The summed E-state index contributed by atoms with van der Waals surface area (Å²) in [6.45, 7) is 4.00. The lowest BCUT2D eigenvalue weighted by atomic mass is 10.2. The summed E-state index contributed by atoms with van der Waals surface area (Å²) in [7, 11) is 1.61. The predicted molar refractivity (Wildman–Crippen MR) is 69.2 cm³/mol. The predicted octanol–water partition coefficient (Wildman–Crippen LogP) is 3.20. The van der Waals surface area contributed by atoms with Gasteiger partial charge in [0, 0.05) is 11.6 Å². The van der Waals surface area contributed by atoms with Gasteiger partial charge in [0.2, 0.25) is 0 Å². The van der Waals surface area contributed by atoms with E-state index in [-0.39, 0.29) is 13.0 Å². The Balaban J connectivity index is 0.000000711. The van der Waals surface area contributed by atoms with Crippen LogP contribution in [0.15, 0.2) is 35.3 Å². The van der Waals surface area contributed by atoms with Crippen LogP contribution in [-0.4, -0.2) is 12.1 Å². The zero-order valence-corrected chi connectivity index (χ0v) is 9.20. The minimum Gasteiger partial charge on any atom is -0.497 e. The number of aromatic amines is 1. The number of fused-ring (bicyclic) bond motifs is 1. The van der Waals surface area contributed by atoms with Crippen molar-refractivity contribution in [3.8, 4) is 5.75 Å². The van der Waals surface area contributed by atoms with Crippen LogP contribution in [0.3, 0.4) is 0 Å². The van der Waals surface area contributed by atoms with Crippen molar-refractivity contribution in [1.29, 1.82) is 0 Å². The number of methoxy groups -OCH3 is 1. The highest BCUT2D eigenvalue weighted by molar-refractivity contribution is 5.82. The van der Waals surface area contributed by atoms with Gasteiger partial charge in [-0.05, 0) is 29.7 Å². The molecule has 16 heavy (non-hydrogen) atoms. The molecular weight excluding hydrogens is 202 g/mol. The molecule has 3 nitrogen and oxygen atoms in total. The van der Waals surface area contributed by atoms with Crippen LogP contribution in [0.5, 0.6) is 5.75 Å². The van der Waals surface area contributed by atoms with Crippen molar-refractivity contribution in [2.24, 2.45) is 0 Å². The molecule has 1 aromatic heterocycles. The number of aromatic nitrogens is 1. The monoisotopic (exact) mass is 221 g/mol. The summed E-state index contributed by atoms with van der Waals surface area (Å²) in [5.74, 6) is 0.762. The third-order valence-electron chi connectivity index (χ3n) is 1.98. The van der Waals surface area contributed by atoms with Crippen molar-refractivity contribution in [3.05, 3.63) is 40.8 Å². The van der Waals surface area contributed by atoms with Gasteiger partial charge in [0.05, 0.1) is 7.11 Å². The topological polar surface area (TPSA) is 42.1 Å². The Labute approximate surface area is 96.1 Å². The third-order valence-corrected chi connectivity index (χ3v) is 1.98. The van der Waals surface area contributed by atoms with Crippen molar-refractivity contribution in [3.63, 3.8) is 0 Å². The number of hydrogen-bond donors (Lipinski definition) is 1. The first-order valence-corrected chi connectivity index (χ1v) is 4.97. The zero-order valence-electron chi connectivity index (χ0n) is 9.20. The van der Waals surface area contributed by atoms with Crippen molar-refractivity contribution < 1.29 is 4.74 Å². The van der Waals surface area contributed by atoms with Crippen molar-refractivity contribution >= 4 is 10.8 Å². The average Bonchev–Trinajstić information content (AvgIpc) is 2.31. The maximum atomic E-state index is 11.3. The lowest BCUT2D eigenvalue weighted by Crippen LogP contribution is -2.03. The van der Waals surface area contributed by atoms with Crippen LogP contribution in [0.4, 0.5) is 0 Å². The fourth-order valence-electron chi connectivity index (χ4n) is 1.30. The number of ether oxygens (including phenoxy) is 1. The summed E-state index contributed by atoms with van der Waals surface area (Å²) in [5, 5.41) is 1.58. The summed E-state index contributed by atoms with van der Waals surface area (Å²) >= 11 is 0. The maximum Gasteiger partial charge on any atom is 0.255 e. The quantitative estimate of drug-likeness (QED) is 0.803. The second kappa shape index (κ2) is 6.67. The van der Waals surface area contributed by atoms with E-state index in [0.29, 0.717) is 5.39 Å². The van der Waals surface area contributed by atoms with Crippen LogP contribution in [0.1, 0.15) is 21.3 Å². The first kappa shape index (κ1) is 14.2. The molecule has 0 atom stereocenters. The number of H-pyrrole nitrogens is 1. The molecule has 2 rings (SSSR count). The van der Waals surface area contributed by atoms with Gasteiger partial charge in [-0.2, -0.15) is 0 Å². The number of nitrogens with one attached hydrogen (secondary N) is 1. The molecule has 0 saturated heterocycles. The molecule has 88 valence electrons. The molecule has 0 fully saturated rings. The number of benzene rings is 1. The van der Waals surface area contributed by atoms with Crippen LogP contribution >= 0.6 is 0 Å². The van der Waals surface area contributed by atoms with E-state index < -0.39 is 0 Å². The zero-order chi connectivity index (χ0) is 11.3. The van der Waals surface area contributed by atoms with Crippen molar-refractivity contribution in [2.75, 3.05) is 7.11 Å². The first-order valence-electron chi connectivity index (χ1n) is 4.97. The van der Waals surface area contributed by atoms with Crippen LogP contribution in [0.25, 0.3) is 10.8 Å². The van der Waals surface area contributed by atoms with E-state index in [1.807, 2.05) is 26.0 Å². The maximum absolute atomic E-state index is 11.3. The molecule has 0 radical (unpaired) electrons. The van der Waals surface area contributed by atoms with E-state index in [1.54, 1.807) is 25.4 Å². The van der Waals surface area contributed by atoms with Gasteiger partial charge in [-0.15, -0.1) is 0 Å². The Morgan fingerprint density at radius 2 is 1.88 bits per heavy atom. The van der Waals surface area contributed by atoms with Gasteiger partial charge in [-0.3, -0.25) is 4.79 Å². The van der Waals surface area contributed by atoms with Crippen LogP contribution in [-0.2, 0) is 0 Å². The van der Waals surface area contributed by atoms with E-state index >= 15 is 0 Å². The molecule has 0 aliphatic rings. The first-order chi connectivity index (χ1) is 7.31. The Hall–Kier alpha value is -1.77. The Morgan fingerprint density at radius 1 is 1.19 bits per heavy atom. The molecule has 0 aliphatic carbocycles. The Morgan fingerprint density at radius 3 is 2.50 bits per heavy atom. The molecule has 0 amide bonds. The highest BCUT2D eigenvalue weighted by atomic mass is 16.5. The molecule has 1 heterocycles. The van der Waals surface area contributed by atoms with Crippen molar-refractivity contribution in [2.45, 2.75) is 21.3 Å². The van der Waals surface area contributed by atoms with Gasteiger partial charge >= 0.3 is 0 Å². The summed E-state index contributed by atoms with van der Waals surface area (Å²) in [4.78, 5) is 13.9. The summed E-state index contributed by atoms with van der Waals surface area (Å²) in [6.07, 6.45) is 1.63. The lowest BCUT2D eigenvalue weighted by molar-refractivity contribution is 0.415. The molecular formula is C13H19NO2. The second-order valence-corrected chi connectivity index (χ2v) is 2.76. The van der Waals surface area contributed by atoms with Crippen LogP contribution in [0, 0.1) is 0 Å². The summed E-state index contributed by atoms with van der Waals surface area (Å²) in [5.41, 5.74) is -0.0693. The Bertz CT molecular complexity index is 489. The van der Waals surface area contributed by atoms with E-state index in [9.17, 15) is 4.79 Å². The molecule has 0 saturated carbocycles. The molecule has 3 heteroatoms. The standard InChI is InChI=1S/C10H9NO2.C2H6.CH4/c1-13-8-2-3-9-7(6-8)4-5-11-10(9)12;1-2;/h2-6H,1H3,(H,11,12);1-2H3;1H4. The minimum absolute atomic E-state index is 0. The van der Waals surface area contributed by atoms with E-state index in [2.05, 4.69) is 4.98 Å². The number of rotatable bonds is 1. The molecule has 1 N–H and O–H groups in total. The normalized spacial score (nSPS) is 8.69. The molecule has 2 aromatic rings. The van der Waals surface area contributed by atoms with Gasteiger partial charge in [0.15, 0.2) is 0 Å². The summed E-state index contributed by atoms with van der Waals surface area (Å²) < 4.78 is 5.05. The number of hydrogen-bond acceptors (Lipinski definition) is 2. The lowest BCUT2D eigenvalue weighted by Gasteiger charge is -2.00. The minimum atomic E-state index is -0.0693. The van der Waals surface area contributed by atoms with Crippen molar-refractivity contribution in [1.82, 2.24) is 4.98 Å². The van der Waals surface area contributed by atoms with Gasteiger partial charge in [0.1, 0.15) is 5.75 Å². The van der Waals surface area contributed by atoms with E-state index in [0.717, 1.165) is 11.1 Å². The molecule has 0 unspecified atom stereocenters. The van der Waals surface area contributed by atoms with Gasteiger partial charge in [-0.25, -0.2) is 0 Å². The molecule has 0 aliphatic heterocycles. The molecule has 0 bridgehead atoms. The molecule has 0 spiro atoms. The number of pyridine rings is 1. The van der Waals surface area contributed by atoms with E-state index in [1.165, 1.54) is 0 Å². The largest absolute Gasteiger partial charge is 0.497 e. The molecule has 1 aromatic carbocycles. The fraction of sp³-hybridized carbons (Fsp3) is 0.308. The second-order valence-electron chi connectivity index (χ2n) is 2.76. The fourth-order valence-corrected chi connectivity index (χ4v) is 1.30. The highest BCUT2D eigenvalue weighted by Crippen LogP contribution is 2.16. The Kier molecular flexibility index (Phi) is 5.93. The third kappa shape index (κ3) is 2.86. The van der Waals surface area contributed by atoms with Gasteiger partial charge in [-0.1, -0.05) is 21.3 Å². The van der Waals surface area contributed by atoms with Gasteiger partial charge in [0.25, 0.3) is 5.56 Å². The summed E-state index contributed by atoms with van der Waals surface area (Å²) in [6, 6.07) is 7.22. The SMILES string of the molecule is C.CC.COc1ccc2c(=O)[nH]ccc2c1. The average molecular weight is 221 g/mol. The van der Waals surface area contributed by atoms with Gasteiger partial charge < -0.3 is 9.72 Å². The smallest absolute Gasteiger partial charge is 0.255 e. The van der Waals surface area contributed by atoms with Crippen LogP contribution in [0.2, 0.25) is 0 Å².